The first kappa shape index (κ1) is 16.5. The third-order valence-electron chi connectivity index (χ3n) is 3.09. The van der Waals surface area contributed by atoms with Crippen molar-refractivity contribution in [3.63, 3.8) is 0 Å². The average molecular weight is 302 g/mol. The molecule has 0 amide bonds. The Kier molecular flexibility index (Phi) is 6.32. The molecule has 0 aromatic heterocycles. The summed E-state index contributed by atoms with van der Waals surface area (Å²) in [6.45, 7) is 4.46. The van der Waals surface area contributed by atoms with E-state index < -0.39 is 10.0 Å². The van der Waals surface area contributed by atoms with Crippen LogP contribution in [-0.4, -0.2) is 33.5 Å². The van der Waals surface area contributed by atoms with Crippen LogP contribution in [0.2, 0.25) is 0 Å². The lowest BCUT2D eigenvalue weighted by Crippen LogP contribution is -2.29. The minimum absolute atomic E-state index is 0.209. The third-order valence-corrected chi connectivity index (χ3v) is 5.50. The SMILES string of the molecule is CNC(C)c1ccc(S(=O)(=O)NCC(C)SC)cc1. The quantitative estimate of drug-likeness (QED) is 0.809. The number of hydrogen-bond acceptors (Lipinski definition) is 4. The predicted molar refractivity (Wildman–Crippen MR) is 82.1 cm³/mol. The molecule has 0 aliphatic heterocycles. The van der Waals surface area contributed by atoms with E-state index in [4.69, 9.17) is 0 Å². The van der Waals surface area contributed by atoms with E-state index >= 15 is 0 Å². The second-order valence-corrected chi connectivity index (χ2v) is 7.52. The van der Waals surface area contributed by atoms with Crippen LogP contribution in [-0.2, 0) is 10.0 Å². The highest BCUT2D eigenvalue weighted by molar-refractivity contribution is 7.99. The minimum atomic E-state index is -3.40. The highest BCUT2D eigenvalue weighted by Gasteiger charge is 2.15. The third kappa shape index (κ3) is 4.80. The van der Waals surface area contributed by atoms with Gasteiger partial charge in [0.1, 0.15) is 0 Å². The summed E-state index contributed by atoms with van der Waals surface area (Å²) in [6, 6.07) is 7.19. The Bertz CT molecular complexity index is 486. The van der Waals surface area contributed by atoms with Crippen molar-refractivity contribution in [2.24, 2.45) is 0 Å². The number of sulfonamides is 1. The van der Waals surface area contributed by atoms with Crippen molar-refractivity contribution in [3.05, 3.63) is 29.8 Å². The van der Waals surface area contributed by atoms with Crippen molar-refractivity contribution in [3.8, 4) is 0 Å². The van der Waals surface area contributed by atoms with Gasteiger partial charge >= 0.3 is 0 Å². The topological polar surface area (TPSA) is 58.2 Å². The molecule has 19 heavy (non-hydrogen) atoms. The molecule has 2 unspecified atom stereocenters. The Hall–Kier alpha value is -0.560. The summed E-state index contributed by atoms with van der Waals surface area (Å²) in [4.78, 5) is 0.313. The molecule has 0 fully saturated rings. The average Bonchev–Trinajstić information content (AvgIpc) is 2.44. The van der Waals surface area contributed by atoms with Crippen molar-refractivity contribution in [1.82, 2.24) is 10.0 Å². The van der Waals surface area contributed by atoms with Gasteiger partial charge in [0.2, 0.25) is 10.0 Å². The Labute approximate surface area is 120 Å². The van der Waals surface area contributed by atoms with Crippen LogP contribution < -0.4 is 10.0 Å². The highest BCUT2D eigenvalue weighted by Crippen LogP contribution is 2.16. The maximum absolute atomic E-state index is 12.1. The van der Waals surface area contributed by atoms with Gasteiger partial charge < -0.3 is 5.32 Å². The normalized spacial score (nSPS) is 15.2. The summed E-state index contributed by atoms with van der Waals surface area (Å²) in [5, 5.41) is 3.38. The van der Waals surface area contributed by atoms with E-state index in [1.165, 1.54) is 0 Å². The number of hydrogen-bond donors (Lipinski definition) is 2. The van der Waals surface area contributed by atoms with Gasteiger partial charge in [-0.2, -0.15) is 11.8 Å². The van der Waals surface area contributed by atoms with E-state index in [0.29, 0.717) is 11.4 Å². The van der Waals surface area contributed by atoms with Crippen molar-refractivity contribution in [2.45, 2.75) is 30.0 Å². The molecule has 2 N–H and O–H groups in total. The molecule has 0 aliphatic carbocycles. The van der Waals surface area contributed by atoms with Gasteiger partial charge in [0.25, 0.3) is 0 Å². The Morgan fingerprint density at radius 3 is 2.26 bits per heavy atom. The molecule has 0 aliphatic rings. The minimum Gasteiger partial charge on any atom is -0.313 e. The van der Waals surface area contributed by atoms with E-state index in [1.807, 2.05) is 39.3 Å². The predicted octanol–water partition coefficient (Wildman–Crippen LogP) is 2.00. The molecule has 0 spiro atoms. The molecule has 4 nitrogen and oxygen atoms in total. The highest BCUT2D eigenvalue weighted by atomic mass is 32.2. The fraction of sp³-hybridized carbons (Fsp3) is 0.538. The number of benzene rings is 1. The molecule has 0 radical (unpaired) electrons. The largest absolute Gasteiger partial charge is 0.313 e. The summed E-state index contributed by atoms with van der Waals surface area (Å²) in [7, 11) is -1.52. The zero-order valence-electron chi connectivity index (χ0n) is 11.8. The Balaban J connectivity index is 2.79. The van der Waals surface area contributed by atoms with Gasteiger partial charge in [-0.1, -0.05) is 19.1 Å². The summed E-state index contributed by atoms with van der Waals surface area (Å²) in [5.41, 5.74) is 1.07. The van der Waals surface area contributed by atoms with Crippen LogP contribution >= 0.6 is 11.8 Å². The molecule has 1 aromatic rings. The van der Waals surface area contributed by atoms with Gasteiger partial charge in [-0.15, -0.1) is 0 Å². The van der Waals surface area contributed by atoms with Gasteiger partial charge in [0.05, 0.1) is 4.90 Å². The Morgan fingerprint density at radius 1 is 1.21 bits per heavy atom. The number of thioether (sulfide) groups is 1. The monoisotopic (exact) mass is 302 g/mol. The lowest BCUT2D eigenvalue weighted by molar-refractivity contribution is 0.581. The van der Waals surface area contributed by atoms with Crippen LogP contribution in [0.25, 0.3) is 0 Å². The van der Waals surface area contributed by atoms with Crippen molar-refractivity contribution in [1.29, 1.82) is 0 Å². The van der Waals surface area contributed by atoms with E-state index in [-0.39, 0.29) is 11.3 Å². The molecule has 6 heteroatoms. The maximum Gasteiger partial charge on any atom is 0.240 e. The fourth-order valence-corrected chi connectivity index (χ4v) is 2.98. The maximum atomic E-state index is 12.1. The van der Waals surface area contributed by atoms with Crippen molar-refractivity contribution >= 4 is 21.8 Å². The van der Waals surface area contributed by atoms with Crippen LogP contribution in [0.4, 0.5) is 0 Å². The summed E-state index contributed by atoms with van der Waals surface area (Å²) >= 11 is 1.63. The lowest BCUT2D eigenvalue weighted by Gasteiger charge is -2.13. The molecule has 0 heterocycles. The first-order valence-corrected chi connectivity index (χ1v) is 8.97. The first-order chi connectivity index (χ1) is 8.90. The summed E-state index contributed by atoms with van der Waals surface area (Å²) in [5.74, 6) is 0. The van der Waals surface area contributed by atoms with E-state index in [9.17, 15) is 8.42 Å². The molecule has 1 rings (SSSR count). The zero-order chi connectivity index (χ0) is 14.5. The van der Waals surface area contributed by atoms with Gasteiger partial charge in [0.15, 0.2) is 0 Å². The van der Waals surface area contributed by atoms with Crippen molar-refractivity contribution < 1.29 is 8.42 Å². The second kappa shape index (κ2) is 7.28. The summed E-state index contributed by atoms with van der Waals surface area (Å²) < 4.78 is 26.8. The van der Waals surface area contributed by atoms with Crippen LogP contribution in [0.5, 0.6) is 0 Å². The van der Waals surface area contributed by atoms with Crippen LogP contribution in [0.3, 0.4) is 0 Å². The number of nitrogens with one attached hydrogen (secondary N) is 2. The smallest absolute Gasteiger partial charge is 0.240 e. The molecule has 0 saturated carbocycles. The van der Waals surface area contributed by atoms with Crippen LogP contribution in [0.15, 0.2) is 29.2 Å². The zero-order valence-corrected chi connectivity index (χ0v) is 13.4. The molecule has 0 saturated heterocycles. The second-order valence-electron chi connectivity index (χ2n) is 4.48. The van der Waals surface area contributed by atoms with Gasteiger partial charge in [-0.05, 0) is 37.9 Å². The molecular formula is C13H22N2O2S2. The van der Waals surface area contributed by atoms with E-state index in [0.717, 1.165) is 5.56 Å². The van der Waals surface area contributed by atoms with E-state index in [2.05, 4.69) is 10.0 Å². The van der Waals surface area contributed by atoms with E-state index in [1.54, 1.807) is 23.9 Å². The molecular weight excluding hydrogens is 280 g/mol. The van der Waals surface area contributed by atoms with Gasteiger partial charge in [0, 0.05) is 17.8 Å². The molecule has 2 atom stereocenters. The van der Waals surface area contributed by atoms with Crippen molar-refractivity contribution in [2.75, 3.05) is 19.8 Å². The standard InChI is InChI=1S/C13H22N2O2S2/c1-10(18-4)9-15-19(16,17)13-7-5-12(6-8-13)11(2)14-3/h5-8,10-11,14-15H,9H2,1-4H3. The van der Waals surface area contributed by atoms with Gasteiger partial charge in [-0.3, -0.25) is 0 Å². The van der Waals surface area contributed by atoms with Gasteiger partial charge in [-0.25, -0.2) is 13.1 Å². The Morgan fingerprint density at radius 2 is 1.79 bits per heavy atom. The summed E-state index contributed by atoms with van der Waals surface area (Å²) in [6.07, 6.45) is 1.97. The molecule has 0 bridgehead atoms. The van der Waals surface area contributed by atoms with Crippen LogP contribution in [0, 0.1) is 0 Å². The first-order valence-electron chi connectivity index (χ1n) is 6.20. The van der Waals surface area contributed by atoms with Crippen LogP contribution in [0.1, 0.15) is 25.5 Å². The number of rotatable bonds is 7. The lowest BCUT2D eigenvalue weighted by atomic mass is 10.1. The fourth-order valence-electron chi connectivity index (χ4n) is 1.50. The molecule has 1 aromatic carbocycles. The molecule has 108 valence electrons.